The van der Waals surface area contributed by atoms with Crippen molar-refractivity contribution in [3.8, 4) is 5.75 Å². The second-order valence-electron chi connectivity index (χ2n) is 6.67. The molecule has 2 aromatic rings. The molecular formula is C19H18ClF3N4O4. The second-order valence-corrected chi connectivity index (χ2v) is 7.11. The number of halogens is 4. The predicted molar refractivity (Wildman–Crippen MR) is 106 cm³/mol. The van der Waals surface area contributed by atoms with Crippen molar-refractivity contribution in [2.45, 2.75) is 6.18 Å². The molecule has 31 heavy (non-hydrogen) atoms. The molecule has 0 saturated carbocycles. The lowest BCUT2D eigenvalue weighted by Crippen LogP contribution is -2.52. The Kier molecular flexibility index (Phi) is 6.74. The minimum Gasteiger partial charge on any atom is -0.484 e. The largest absolute Gasteiger partial charge is 0.484 e. The molecule has 3 rings (SSSR count). The van der Waals surface area contributed by atoms with Gasteiger partial charge < -0.3 is 24.8 Å². The molecule has 1 aromatic heterocycles. The van der Waals surface area contributed by atoms with Crippen LogP contribution >= 0.6 is 11.6 Å². The number of rotatable bonds is 4. The van der Waals surface area contributed by atoms with Crippen LogP contribution in [0.2, 0.25) is 5.02 Å². The molecule has 2 heterocycles. The van der Waals surface area contributed by atoms with Gasteiger partial charge in [0.05, 0.1) is 5.56 Å². The lowest BCUT2D eigenvalue weighted by molar-refractivity contribution is -0.138. The number of anilines is 1. The molecule has 3 amide bonds. The van der Waals surface area contributed by atoms with Crippen LogP contribution in [-0.2, 0) is 11.0 Å². The number of benzene rings is 1. The maximum Gasteiger partial charge on any atom is 0.417 e. The number of nitrogens with one attached hydrogen (secondary N) is 2. The average Bonchev–Trinajstić information content (AvgIpc) is 2.74. The van der Waals surface area contributed by atoms with Crippen LogP contribution in [0.25, 0.3) is 0 Å². The molecule has 1 aliphatic heterocycles. The minimum atomic E-state index is -4.66. The van der Waals surface area contributed by atoms with Gasteiger partial charge in [-0.15, -0.1) is 0 Å². The fourth-order valence-corrected chi connectivity index (χ4v) is 2.99. The van der Waals surface area contributed by atoms with Crippen molar-refractivity contribution in [1.29, 1.82) is 0 Å². The zero-order chi connectivity index (χ0) is 22.6. The number of urea groups is 1. The van der Waals surface area contributed by atoms with Crippen LogP contribution in [0.15, 0.2) is 41.3 Å². The first-order chi connectivity index (χ1) is 14.6. The smallest absolute Gasteiger partial charge is 0.417 e. The lowest BCUT2D eigenvalue weighted by atomic mass is 10.2. The van der Waals surface area contributed by atoms with E-state index in [0.29, 0.717) is 23.0 Å². The first kappa shape index (κ1) is 22.5. The highest BCUT2D eigenvalue weighted by molar-refractivity contribution is 6.30. The van der Waals surface area contributed by atoms with Crippen molar-refractivity contribution in [3.63, 3.8) is 0 Å². The monoisotopic (exact) mass is 458 g/mol. The molecule has 0 aliphatic carbocycles. The zero-order valence-corrected chi connectivity index (χ0v) is 16.8. The van der Waals surface area contributed by atoms with E-state index < -0.39 is 29.0 Å². The quantitative estimate of drug-likeness (QED) is 0.736. The molecule has 166 valence electrons. The van der Waals surface area contributed by atoms with Gasteiger partial charge in [-0.25, -0.2) is 4.79 Å². The molecule has 2 N–H and O–H groups in total. The van der Waals surface area contributed by atoms with Gasteiger partial charge in [0.15, 0.2) is 6.61 Å². The highest BCUT2D eigenvalue weighted by Crippen LogP contribution is 2.29. The number of H-pyrrole nitrogens is 1. The number of hydrogen-bond donors (Lipinski definition) is 2. The number of nitrogens with zero attached hydrogens (tertiary/aromatic N) is 2. The zero-order valence-electron chi connectivity index (χ0n) is 16.0. The van der Waals surface area contributed by atoms with E-state index in [2.05, 4.69) is 5.32 Å². The summed E-state index contributed by atoms with van der Waals surface area (Å²) < 4.78 is 43.8. The van der Waals surface area contributed by atoms with E-state index in [-0.39, 0.29) is 38.7 Å². The van der Waals surface area contributed by atoms with Gasteiger partial charge in [0, 0.05) is 37.4 Å². The summed E-state index contributed by atoms with van der Waals surface area (Å²) in [6.45, 7) is 0.544. The third-order valence-electron chi connectivity index (χ3n) is 4.57. The van der Waals surface area contributed by atoms with E-state index in [9.17, 15) is 27.6 Å². The summed E-state index contributed by atoms with van der Waals surface area (Å²) in [5.74, 6) is 0.214. The van der Waals surface area contributed by atoms with E-state index in [4.69, 9.17) is 16.3 Å². The molecule has 0 bridgehead atoms. The molecule has 0 atom stereocenters. The Morgan fingerprint density at radius 2 is 1.71 bits per heavy atom. The van der Waals surface area contributed by atoms with E-state index in [1.165, 1.54) is 9.80 Å². The number of ether oxygens (including phenoxy) is 1. The lowest BCUT2D eigenvalue weighted by Gasteiger charge is -2.34. The number of aromatic amines is 1. The van der Waals surface area contributed by atoms with E-state index in [1.54, 1.807) is 24.3 Å². The Hall–Kier alpha value is -3.21. The van der Waals surface area contributed by atoms with Crippen molar-refractivity contribution in [2.75, 3.05) is 38.1 Å². The van der Waals surface area contributed by atoms with Crippen LogP contribution in [0.5, 0.6) is 5.75 Å². The molecule has 12 heteroatoms. The number of aromatic nitrogens is 1. The van der Waals surface area contributed by atoms with Gasteiger partial charge in [0.1, 0.15) is 11.4 Å². The summed E-state index contributed by atoms with van der Waals surface area (Å²) >= 11 is 5.79. The minimum absolute atomic E-state index is 0.148. The van der Waals surface area contributed by atoms with Crippen LogP contribution in [0.1, 0.15) is 5.56 Å². The molecule has 1 aliphatic rings. The van der Waals surface area contributed by atoms with Gasteiger partial charge in [-0.2, -0.15) is 13.2 Å². The Morgan fingerprint density at radius 3 is 2.32 bits per heavy atom. The van der Waals surface area contributed by atoms with Gasteiger partial charge in [-0.1, -0.05) is 11.6 Å². The summed E-state index contributed by atoms with van der Waals surface area (Å²) in [6, 6.07) is 6.38. The van der Waals surface area contributed by atoms with Crippen molar-refractivity contribution in [3.05, 3.63) is 57.5 Å². The fourth-order valence-electron chi connectivity index (χ4n) is 2.86. The van der Waals surface area contributed by atoms with Crippen LogP contribution in [0.3, 0.4) is 0 Å². The van der Waals surface area contributed by atoms with Gasteiger partial charge in [0.25, 0.3) is 11.5 Å². The second kappa shape index (κ2) is 9.29. The summed E-state index contributed by atoms with van der Waals surface area (Å²) in [4.78, 5) is 41.1. The molecule has 1 saturated heterocycles. The topological polar surface area (TPSA) is 94.7 Å². The maximum absolute atomic E-state index is 12.8. The SMILES string of the molecule is O=C(COc1ccc(Cl)cc1)N1CCN(C(=O)Nc2cc(C(F)(F)F)c[nH]c2=O)CC1. The Morgan fingerprint density at radius 1 is 1.10 bits per heavy atom. The Bertz CT molecular complexity index is 1000. The van der Waals surface area contributed by atoms with Crippen molar-refractivity contribution in [2.24, 2.45) is 0 Å². The number of amides is 3. The number of carbonyl (C=O) groups is 2. The highest BCUT2D eigenvalue weighted by atomic mass is 35.5. The molecule has 0 radical (unpaired) electrons. The molecular weight excluding hydrogens is 441 g/mol. The number of pyridine rings is 1. The third-order valence-corrected chi connectivity index (χ3v) is 4.82. The van der Waals surface area contributed by atoms with Gasteiger partial charge in [-0.05, 0) is 30.3 Å². The van der Waals surface area contributed by atoms with Crippen molar-refractivity contribution in [1.82, 2.24) is 14.8 Å². The number of piperazine rings is 1. The molecule has 0 unspecified atom stereocenters. The number of hydrogen-bond acceptors (Lipinski definition) is 4. The number of carbonyl (C=O) groups excluding carboxylic acids is 2. The third kappa shape index (κ3) is 5.91. The van der Waals surface area contributed by atoms with Crippen LogP contribution < -0.4 is 15.6 Å². The summed E-state index contributed by atoms with van der Waals surface area (Å²) in [5.41, 5.74) is -2.44. The standard InChI is InChI=1S/C19H18ClF3N4O4/c20-13-1-3-14(4-2-13)31-11-16(28)26-5-7-27(8-6-26)18(30)25-15-9-12(19(21,22)23)10-24-17(15)29/h1-4,9-10H,5-8,11H2,(H,24,29)(H,25,30). The van der Waals surface area contributed by atoms with Gasteiger partial charge in [0.2, 0.25) is 0 Å². The Balaban J connectivity index is 1.51. The van der Waals surface area contributed by atoms with E-state index in [0.717, 1.165) is 0 Å². The molecule has 1 fully saturated rings. The first-order valence-electron chi connectivity index (χ1n) is 9.15. The van der Waals surface area contributed by atoms with Gasteiger partial charge in [-0.3, -0.25) is 9.59 Å². The van der Waals surface area contributed by atoms with Crippen LogP contribution in [-0.4, -0.2) is 59.5 Å². The predicted octanol–water partition coefficient (Wildman–Crippen LogP) is 2.80. The van der Waals surface area contributed by atoms with E-state index in [1.807, 2.05) is 4.98 Å². The normalized spacial score (nSPS) is 14.3. The van der Waals surface area contributed by atoms with Crippen molar-refractivity contribution < 1.29 is 27.5 Å². The molecule has 0 spiro atoms. The average molecular weight is 459 g/mol. The summed E-state index contributed by atoms with van der Waals surface area (Å²) in [5, 5.41) is 2.73. The molecule has 1 aromatic carbocycles. The van der Waals surface area contributed by atoms with Gasteiger partial charge >= 0.3 is 12.2 Å². The fraction of sp³-hybridized carbons (Fsp3) is 0.316. The highest BCUT2D eigenvalue weighted by Gasteiger charge is 2.32. The van der Waals surface area contributed by atoms with Crippen LogP contribution in [0, 0.1) is 0 Å². The first-order valence-corrected chi connectivity index (χ1v) is 9.53. The summed E-state index contributed by atoms with van der Waals surface area (Å²) in [6.07, 6.45) is -4.13. The van der Waals surface area contributed by atoms with Crippen molar-refractivity contribution >= 4 is 29.2 Å². The van der Waals surface area contributed by atoms with E-state index >= 15 is 0 Å². The number of alkyl halides is 3. The van der Waals surface area contributed by atoms with Crippen LogP contribution in [0.4, 0.5) is 23.7 Å². The summed E-state index contributed by atoms with van der Waals surface area (Å²) in [7, 11) is 0. The Labute approximate surface area is 179 Å². The molecule has 8 nitrogen and oxygen atoms in total. The maximum atomic E-state index is 12.8.